The molecule has 2 aromatic rings. The number of benzene rings is 2. The summed E-state index contributed by atoms with van der Waals surface area (Å²) in [5, 5.41) is 0.125. The first-order valence-corrected chi connectivity index (χ1v) is 6.21. The van der Waals surface area contributed by atoms with Gasteiger partial charge in [0.25, 0.3) is 11.8 Å². The van der Waals surface area contributed by atoms with Gasteiger partial charge in [0.1, 0.15) is 0 Å². The van der Waals surface area contributed by atoms with Crippen LogP contribution in [-0.2, 0) is 0 Å². The molecule has 0 unspecified atom stereocenters. The lowest BCUT2D eigenvalue weighted by Gasteiger charge is -2.15. The van der Waals surface area contributed by atoms with E-state index in [1.54, 1.807) is 0 Å². The van der Waals surface area contributed by atoms with Crippen molar-refractivity contribution in [1.29, 1.82) is 0 Å². The lowest BCUT2D eigenvalue weighted by Crippen LogP contribution is -2.29. The second-order valence-corrected chi connectivity index (χ2v) is 4.88. The highest BCUT2D eigenvalue weighted by atomic mass is 35.5. The van der Waals surface area contributed by atoms with Crippen LogP contribution in [0.3, 0.4) is 0 Å². The molecule has 7 heteroatoms. The molecule has 1 heterocycles. The van der Waals surface area contributed by atoms with E-state index in [-0.39, 0.29) is 21.8 Å². The number of fused-ring (bicyclic) bond motifs is 1. The standard InChI is InChI=1S/C14H7ClF2N2O2/c15-9-2-1-6(18)3-12(9)19-13(20)7-4-10(16)11(17)5-8(7)14(19)21/h1-5H,18H2. The Balaban J connectivity index is 2.18. The first-order valence-electron chi connectivity index (χ1n) is 5.83. The molecule has 0 saturated heterocycles. The summed E-state index contributed by atoms with van der Waals surface area (Å²) < 4.78 is 26.5. The van der Waals surface area contributed by atoms with Gasteiger partial charge in [-0.3, -0.25) is 9.59 Å². The number of nitrogen functional groups attached to an aromatic ring is 1. The van der Waals surface area contributed by atoms with Crippen LogP contribution >= 0.6 is 11.6 Å². The van der Waals surface area contributed by atoms with E-state index in [4.69, 9.17) is 17.3 Å². The van der Waals surface area contributed by atoms with Crippen LogP contribution in [0.2, 0.25) is 5.02 Å². The molecule has 0 aliphatic carbocycles. The Bertz CT molecular complexity index is 767. The summed E-state index contributed by atoms with van der Waals surface area (Å²) in [5.41, 5.74) is 5.56. The number of imide groups is 1. The molecule has 2 amide bonds. The molecule has 21 heavy (non-hydrogen) atoms. The van der Waals surface area contributed by atoms with Crippen molar-refractivity contribution in [3.05, 3.63) is 58.1 Å². The Morgan fingerprint density at radius 2 is 1.48 bits per heavy atom. The summed E-state index contributed by atoms with van der Waals surface area (Å²) in [7, 11) is 0. The van der Waals surface area contributed by atoms with Crippen molar-refractivity contribution in [3.63, 3.8) is 0 Å². The van der Waals surface area contributed by atoms with Crippen molar-refractivity contribution < 1.29 is 18.4 Å². The fourth-order valence-electron chi connectivity index (χ4n) is 2.15. The minimum absolute atomic E-state index is 0.0729. The summed E-state index contributed by atoms with van der Waals surface area (Å²) in [6.45, 7) is 0. The largest absolute Gasteiger partial charge is 0.399 e. The molecule has 2 aromatic carbocycles. The average Bonchev–Trinajstić information content (AvgIpc) is 2.66. The van der Waals surface area contributed by atoms with Gasteiger partial charge in [0, 0.05) is 5.69 Å². The molecule has 0 saturated carbocycles. The maximum atomic E-state index is 13.2. The zero-order valence-corrected chi connectivity index (χ0v) is 11.1. The number of hydrogen-bond donors (Lipinski definition) is 1. The van der Waals surface area contributed by atoms with Gasteiger partial charge < -0.3 is 5.73 Å². The Hall–Kier alpha value is -2.47. The topological polar surface area (TPSA) is 63.4 Å². The highest BCUT2D eigenvalue weighted by molar-refractivity contribution is 6.39. The highest BCUT2D eigenvalue weighted by Gasteiger charge is 2.38. The minimum atomic E-state index is -1.20. The molecule has 106 valence electrons. The zero-order valence-electron chi connectivity index (χ0n) is 10.4. The molecule has 0 radical (unpaired) electrons. The number of amides is 2. The summed E-state index contributed by atoms with van der Waals surface area (Å²) in [4.78, 5) is 25.3. The zero-order chi connectivity index (χ0) is 15.3. The number of halogens is 3. The lowest BCUT2D eigenvalue weighted by molar-refractivity contribution is 0.0926. The molecule has 1 aliphatic heterocycles. The monoisotopic (exact) mass is 308 g/mol. The highest BCUT2D eigenvalue weighted by Crippen LogP contribution is 2.35. The van der Waals surface area contributed by atoms with Crippen LogP contribution in [0.15, 0.2) is 30.3 Å². The number of carbonyl (C=O) groups excluding carboxylic acids is 2. The van der Waals surface area contributed by atoms with Crippen LogP contribution in [-0.4, -0.2) is 11.8 Å². The number of hydrogen-bond acceptors (Lipinski definition) is 3. The summed E-state index contributed by atoms with van der Waals surface area (Å²) in [6, 6.07) is 5.67. The predicted octanol–water partition coefficient (Wildman–Crippen LogP) is 3.00. The fourth-order valence-corrected chi connectivity index (χ4v) is 2.36. The Labute approximate surface area is 122 Å². The van der Waals surface area contributed by atoms with Gasteiger partial charge in [-0.2, -0.15) is 0 Å². The van der Waals surface area contributed by atoms with Crippen molar-refractivity contribution in [3.8, 4) is 0 Å². The Morgan fingerprint density at radius 1 is 0.952 bits per heavy atom. The normalized spacial score (nSPS) is 13.8. The van der Waals surface area contributed by atoms with E-state index in [1.165, 1.54) is 18.2 Å². The van der Waals surface area contributed by atoms with Crippen LogP contribution < -0.4 is 10.6 Å². The molecule has 0 spiro atoms. The van der Waals surface area contributed by atoms with E-state index >= 15 is 0 Å². The predicted molar refractivity (Wildman–Crippen MR) is 73.4 cm³/mol. The smallest absolute Gasteiger partial charge is 0.266 e. The number of carbonyl (C=O) groups is 2. The van der Waals surface area contributed by atoms with Crippen molar-refractivity contribution >= 4 is 34.8 Å². The number of rotatable bonds is 1. The van der Waals surface area contributed by atoms with Crippen LogP contribution in [0.25, 0.3) is 0 Å². The number of anilines is 2. The van der Waals surface area contributed by atoms with E-state index in [2.05, 4.69) is 0 Å². The van der Waals surface area contributed by atoms with Crippen LogP contribution in [0.5, 0.6) is 0 Å². The van der Waals surface area contributed by atoms with Crippen LogP contribution in [0, 0.1) is 11.6 Å². The SMILES string of the molecule is Nc1ccc(Cl)c(N2C(=O)c3cc(F)c(F)cc3C2=O)c1. The quantitative estimate of drug-likeness (QED) is 0.650. The summed E-state index contributed by atoms with van der Waals surface area (Å²) in [5.74, 6) is -3.95. The fraction of sp³-hybridized carbons (Fsp3) is 0. The molecule has 0 bridgehead atoms. The summed E-state index contributed by atoms with van der Waals surface area (Å²) in [6.07, 6.45) is 0. The maximum absolute atomic E-state index is 13.2. The van der Waals surface area contributed by atoms with Gasteiger partial charge in [-0.25, -0.2) is 13.7 Å². The third-order valence-electron chi connectivity index (χ3n) is 3.14. The molecular weight excluding hydrogens is 302 g/mol. The third kappa shape index (κ3) is 1.95. The van der Waals surface area contributed by atoms with E-state index in [0.29, 0.717) is 17.8 Å². The van der Waals surface area contributed by atoms with Gasteiger partial charge in [-0.1, -0.05) is 11.6 Å². The van der Waals surface area contributed by atoms with E-state index < -0.39 is 23.4 Å². The van der Waals surface area contributed by atoms with E-state index in [9.17, 15) is 18.4 Å². The van der Waals surface area contributed by atoms with Gasteiger partial charge in [0.15, 0.2) is 11.6 Å². The molecule has 3 rings (SSSR count). The average molecular weight is 309 g/mol. The molecule has 0 atom stereocenters. The van der Waals surface area contributed by atoms with Crippen molar-refractivity contribution in [2.24, 2.45) is 0 Å². The van der Waals surface area contributed by atoms with Gasteiger partial charge in [-0.15, -0.1) is 0 Å². The second-order valence-electron chi connectivity index (χ2n) is 4.47. The van der Waals surface area contributed by atoms with Crippen molar-refractivity contribution in [2.75, 3.05) is 10.6 Å². The lowest BCUT2D eigenvalue weighted by atomic mass is 10.1. The van der Waals surface area contributed by atoms with Gasteiger partial charge in [0.2, 0.25) is 0 Å². The van der Waals surface area contributed by atoms with E-state index in [0.717, 1.165) is 4.90 Å². The van der Waals surface area contributed by atoms with Crippen LogP contribution in [0.1, 0.15) is 20.7 Å². The Morgan fingerprint density at radius 3 is 2.00 bits per heavy atom. The first kappa shape index (κ1) is 13.5. The summed E-state index contributed by atoms with van der Waals surface area (Å²) >= 11 is 5.96. The Kier molecular flexibility index (Phi) is 2.91. The molecule has 0 aromatic heterocycles. The van der Waals surface area contributed by atoms with Crippen LogP contribution in [0.4, 0.5) is 20.2 Å². The van der Waals surface area contributed by atoms with Gasteiger partial charge >= 0.3 is 0 Å². The number of nitrogens with two attached hydrogens (primary N) is 1. The van der Waals surface area contributed by atoms with Gasteiger partial charge in [0.05, 0.1) is 21.8 Å². The van der Waals surface area contributed by atoms with Crippen molar-refractivity contribution in [1.82, 2.24) is 0 Å². The molecule has 2 N–H and O–H groups in total. The molecular formula is C14H7ClF2N2O2. The minimum Gasteiger partial charge on any atom is -0.399 e. The second kappa shape index (κ2) is 4.53. The first-order chi connectivity index (χ1) is 9.90. The van der Waals surface area contributed by atoms with Crippen molar-refractivity contribution in [2.45, 2.75) is 0 Å². The number of nitrogens with zero attached hydrogens (tertiary/aromatic N) is 1. The molecule has 1 aliphatic rings. The molecule has 0 fully saturated rings. The molecule has 4 nitrogen and oxygen atoms in total. The van der Waals surface area contributed by atoms with E-state index in [1.807, 2.05) is 0 Å². The maximum Gasteiger partial charge on any atom is 0.266 e. The third-order valence-corrected chi connectivity index (χ3v) is 3.46. The van der Waals surface area contributed by atoms with Gasteiger partial charge in [-0.05, 0) is 30.3 Å².